The number of hydrogen-bond acceptors (Lipinski definition) is 20. The summed E-state index contributed by atoms with van der Waals surface area (Å²) in [7, 11) is 0. The van der Waals surface area contributed by atoms with Gasteiger partial charge in [-0.1, -0.05) is 141 Å². The fourth-order valence-corrected chi connectivity index (χ4v) is 13.8. The first kappa shape index (κ1) is 77.2. The third-order valence-electron chi connectivity index (χ3n) is 19.5. The van der Waals surface area contributed by atoms with E-state index in [1.165, 1.54) is 70.7 Å². The van der Waals surface area contributed by atoms with E-state index in [0.717, 1.165) is 27.8 Å². The van der Waals surface area contributed by atoms with E-state index in [4.69, 9.17) is 18.9 Å². The van der Waals surface area contributed by atoms with Crippen molar-refractivity contribution in [3.05, 3.63) is 250 Å². The first-order valence-corrected chi connectivity index (χ1v) is 35.3. The summed E-state index contributed by atoms with van der Waals surface area (Å²) in [6.45, 7) is 7.62. The highest BCUT2D eigenvalue weighted by Crippen LogP contribution is 2.52. The molecule has 6 amide bonds. The molecule has 8 aromatic rings. The summed E-state index contributed by atoms with van der Waals surface area (Å²) in [5.74, 6) is -5.42. The number of pyridine rings is 2. The van der Waals surface area contributed by atoms with Gasteiger partial charge in [-0.05, 0) is 133 Å². The summed E-state index contributed by atoms with van der Waals surface area (Å²) in [6, 6.07) is 47.2. The molecule has 4 aliphatic rings. The average molecular weight is 1480 g/mol. The van der Waals surface area contributed by atoms with E-state index < -0.39 is 94.5 Å². The monoisotopic (exact) mass is 1480 g/mol. The highest BCUT2D eigenvalue weighted by molar-refractivity contribution is 6.09. The number of nitrogens with one attached hydrogen (secondary N) is 4. The Labute approximate surface area is 627 Å². The van der Waals surface area contributed by atoms with Gasteiger partial charge in [0.15, 0.2) is 29.1 Å². The van der Waals surface area contributed by atoms with Crippen LogP contribution in [0.3, 0.4) is 0 Å². The molecule has 2 unspecified atom stereocenters. The SMILES string of the molecule is CC(C)(OC(=O)CCCNC(=O)c1ccnc(/C=C2/C(=O)N3C2C[C@@](C)(COC(=O)NCc2ccc(O)c(O)c2)[C@@H]3C(=O)OC(c2ccccc2)c2ccccc2)c1)c1ccc(-c2ccccc2)cc1.C[C@@]1(COC(=O)NCc2ccc(O)c(O)c2)CC2/C(=C\c3cc(C(=O)NCC[NH3+])ccn3)C(=O)N2[C@H]1C(=O)[O-]. The van der Waals surface area contributed by atoms with E-state index >= 15 is 0 Å². The van der Waals surface area contributed by atoms with Gasteiger partial charge in [-0.3, -0.25) is 33.9 Å². The van der Waals surface area contributed by atoms with Crippen molar-refractivity contribution in [2.24, 2.45) is 10.8 Å². The molecule has 4 aliphatic heterocycles. The number of aromatic hydroxyl groups is 4. The second-order valence-corrected chi connectivity index (χ2v) is 28.0. The van der Waals surface area contributed by atoms with E-state index in [1.54, 1.807) is 38.1 Å². The van der Waals surface area contributed by atoms with Gasteiger partial charge < -0.3 is 86.1 Å². The number of phenols is 4. The highest BCUT2D eigenvalue weighted by Gasteiger charge is 2.64. The molecule has 0 bridgehead atoms. The lowest BCUT2D eigenvalue weighted by atomic mass is 9.81. The van der Waals surface area contributed by atoms with Crippen molar-refractivity contribution >= 4 is 65.9 Å². The van der Waals surface area contributed by atoms with Crippen LogP contribution in [0, 0.1) is 10.8 Å². The lowest BCUT2D eigenvalue weighted by Crippen LogP contribution is -2.61. The standard InChI is InChI=1S/C56H54N4O10.C26H29N5O8/c1-55(2,42-24-22-38(23-25-42)37-14-7-4-8-15-37)70-48(63)20-13-28-58-51(64)41-27-29-57-43(31-41)32-44-45-33-56(3,35-68-54(67)59-34-36-21-26-46(61)47(62)30-36)50(60(45)52(44)65)53(66)69-49(39-16-9-5-10-17-39)40-18-11-6-12-19-40;1-26(13-39-25(38)30-12-14-2-3-19(32)20(33)8-14)11-18-17(23(35)31(18)21(26)24(36)37)10-16-9-15(4-6-28-16)22(34)29-7-5-27/h4-12,14-19,21-27,29-32,45,49-50,61-62H,13,20,28,33-35H2,1-3H3,(H,58,64)(H,59,67);2-4,6,8-10,18,21,32-33H,5,7,11-13,27H2,1H3,(H,29,34)(H,30,38)(H,36,37)/b44-32+;17-10+/t45?,50-,56-;18?,21-,26-/m00/s1. The fourth-order valence-electron chi connectivity index (χ4n) is 13.8. The second-order valence-electron chi connectivity index (χ2n) is 28.0. The van der Waals surface area contributed by atoms with Crippen molar-refractivity contribution in [2.45, 2.75) is 102 Å². The van der Waals surface area contributed by atoms with Crippen molar-refractivity contribution in [2.75, 3.05) is 32.8 Å². The number of carboxylic acid groups (broad SMARTS) is 1. The number of benzene rings is 6. The van der Waals surface area contributed by atoms with Crippen molar-refractivity contribution < 1.29 is 93.4 Å². The predicted octanol–water partition coefficient (Wildman–Crippen LogP) is 7.29. The Balaban J connectivity index is 0.000000255. The number of phenolic OH excluding ortho intramolecular Hbond substituents is 4. The number of alkyl carbamates (subject to hydrolysis) is 2. The Hall–Kier alpha value is -12.9. The van der Waals surface area contributed by atoms with E-state index in [0.29, 0.717) is 64.3 Å². The molecule has 0 radical (unpaired) electrons. The number of aromatic nitrogens is 2. The number of aliphatic carboxylic acids is 1. The number of β-lactam (4-membered cyclic amide) rings is 2. The maximum atomic E-state index is 14.6. The Kier molecular flexibility index (Phi) is 23.9. The van der Waals surface area contributed by atoms with Crippen LogP contribution in [0.4, 0.5) is 9.59 Å². The van der Waals surface area contributed by atoms with Crippen molar-refractivity contribution in [3.8, 4) is 34.1 Å². The van der Waals surface area contributed by atoms with Crippen LogP contribution in [0.15, 0.2) is 199 Å². The molecule has 11 N–H and O–H groups in total. The summed E-state index contributed by atoms with van der Waals surface area (Å²) in [5.41, 5.74) is 8.09. The number of carboxylic acids is 1. The Morgan fingerprint density at radius 1 is 0.578 bits per heavy atom. The van der Waals surface area contributed by atoms with E-state index in [9.17, 15) is 68.7 Å². The molecule has 27 heteroatoms. The Bertz CT molecular complexity index is 4750. The van der Waals surface area contributed by atoms with Crippen molar-refractivity contribution in [3.63, 3.8) is 0 Å². The van der Waals surface area contributed by atoms with Crippen LogP contribution in [-0.2, 0) is 61.6 Å². The third-order valence-corrected chi connectivity index (χ3v) is 19.5. The molecule has 0 aliphatic carbocycles. The maximum Gasteiger partial charge on any atom is 0.407 e. The van der Waals surface area contributed by atoms with E-state index in [-0.39, 0.29) is 81.0 Å². The third kappa shape index (κ3) is 18.1. The van der Waals surface area contributed by atoms with Crippen molar-refractivity contribution in [1.82, 2.24) is 41.0 Å². The zero-order valence-electron chi connectivity index (χ0n) is 60.2. The summed E-state index contributed by atoms with van der Waals surface area (Å²) >= 11 is 0. The first-order valence-electron chi connectivity index (χ1n) is 35.3. The van der Waals surface area contributed by atoms with Crippen LogP contribution in [0.1, 0.15) is 119 Å². The molecule has 27 nitrogen and oxygen atoms in total. The quantitative estimate of drug-likeness (QED) is 0.00641. The zero-order valence-corrected chi connectivity index (χ0v) is 60.2. The number of ether oxygens (including phenoxy) is 4. The van der Waals surface area contributed by atoms with Crippen LogP contribution in [0.2, 0.25) is 0 Å². The molecule has 6 atom stereocenters. The summed E-state index contributed by atoms with van der Waals surface area (Å²) in [4.78, 5) is 129. The summed E-state index contributed by atoms with van der Waals surface area (Å²) in [5, 5.41) is 61.2. The van der Waals surface area contributed by atoms with Gasteiger partial charge in [0.2, 0.25) is 0 Å². The van der Waals surface area contributed by atoms with Gasteiger partial charge in [0.25, 0.3) is 23.6 Å². The zero-order chi connectivity index (χ0) is 77.7. The van der Waals surface area contributed by atoms with Gasteiger partial charge >= 0.3 is 24.1 Å². The molecule has 4 fully saturated rings. The summed E-state index contributed by atoms with van der Waals surface area (Å²) < 4.78 is 23.2. The first-order chi connectivity index (χ1) is 52.2. The van der Waals surface area contributed by atoms with Crippen LogP contribution in [0.25, 0.3) is 23.3 Å². The minimum atomic E-state index is -1.46. The lowest BCUT2D eigenvalue weighted by molar-refractivity contribution is -0.364. The van der Waals surface area contributed by atoms with Gasteiger partial charge in [-0.25, -0.2) is 14.4 Å². The number of quaternary nitrogens is 1. The molecule has 2 aromatic heterocycles. The number of rotatable bonds is 26. The van der Waals surface area contributed by atoms with Crippen LogP contribution < -0.4 is 32.1 Å². The molecule has 6 aromatic carbocycles. The molecule has 0 spiro atoms. The number of carbonyl (C=O) groups is 9. The number of hydrogen-bond donors (Lipinski definition) is 9. The number of carbonyl (C=O) groups excluding carboxylic acids is 9. The molecule has 12 rings (SSSR count). The average Bonchev–Trinajstić information content (AvgIpc) is 1.56. The smallest absolute Gasteiger partial charge is 0.407 e. The van der Waals surface area contributed by atoms with Gasteiger partial charge in [-0.2, -0.15) is 0 Å². The van der Waals surface area contributed by atoms with Crippen molar-refractivity contribution in [1.29, 1.82) is 0 Å². The van der Waals surface area contributed by atoms with Crippen LogP contribution in [-0.4, -0.2) is 151 Å². The number of esters is 2. The van der Waals surface area contributed by atoms with Gasteiger partial charge in [0, 0.05) is 71.6 Å². The Morgan fingerprint density at radius 3 is 1.50 bits per heavy atom. The van der Waals surface area contributed by atoms with E-state index in [1.807, 2.05) is 129 Å². The van der Waals surface area contributed by atoms with Crippen LogP contribution >= 0.6 is 0 Å². The van der Waals surface area contributed by atoms with Crippen LogP contribution in [0.5, 0.6) is 23.0 Å². The summed E-state index contributed by atoms with van der Waals surface area (Å²) in [6.07, 6.45) is 4.47. The van der Waals surface area contributed by atoms with Gasteiger partial charge in [0.1, 0.15) is 24.9 Å². The molecular weight excluding hydrogens is 1400 g/mol. The second kappa shape index (κ2) is 33.7. The molecule has 6 heterocycles. The molecule has 564 valence electrons. The molecule has 109 heavy (non-hydrogen) atoms. The largest absolute Gasteiger partial charge is 0.548 e. The maximum absolute atomic E-state index is 14.6. The number of fused-ring (bicyclic) bond motifs is 2. The highest BCUT2D eigenvalue weighted by atomic mass is 16.6. The number of amides is 6. The molecular formula is C82H83N9O18. The van der Waals surface area contributed by atoms with E-state index in [2.05, 4.69) is 37.0 Å². The Morgan fingerprint density at radius 2 is 1.03 bits per heavy atom. The predicted molar refractivity (Wildman–Crippen MR) is 393 cm³/mol. The minimum Gasteiger partial charge on any atom is -0.548 e. The lowest BCUT2D eigenvalue weighted by Gasteiger charge is -2.42. The molecule has 0 saturated carbocycles. The normalized spacial score (nSPS) is 19.6. The van der Waals surface area contributed by atoms with Gasteiger partial charge in [-0.15, -0.1) is 0 Å². The fraction of sp³-hybridized carbons (Fsp3) is 0.280. The van der Waals surface area contributed by atoms with Gasteiger partial charge in [0.05, 0.1) is 48.6 Å². The molecule has 4 saturated heterocycles. The number of nitrogens with zero attached hydrogens (tertiary/aromatic N) is 4. The minimum absolute atomic E-state index is 0.00710. The topological polar surface area (TPSA) is 403 Å².